The molecule has 0 aliphatic heterocycles. The third-order valence-corrected chi connectivity index (χ3v) is 5.28. The van der Waals surface area contributed by atoms with E-state index in [-0.39, 0.29) is 5.69 Å². The van der Waals surface area contributed by atoms with Crippen LogP contribution in [0.2, 0.25) is 0 Å². The first kappa shape index (κ1) is 37.2. The van der Waals surface area contributed by atoms with Crippen molar-refractivity contribution >= 4 is 11.4 Å². The largest absolute Gasteiger partial charge is 0.491 e. The molecule has 0 radical (unpaired) electrons. The smallest absolute Gasteiger partial charge is 0.460 e. The summed E-state index contributed by atoms with van der Waals surface area (Å²) in [5.41, 5.74) is 9.81. The van der Waals surface area contributed by atoms with Crippen LogP contribution in [0.1, 0.15) is 6.42 Å². The van der Waals surface area contributed by atoms with Crippen LogP contribution in [0.4, 0.5) is 104 Å². The molecule has 0 amide bonds. The van der Waals surface area contributed by atoms with Crippen LogP contribution >= 0.6 is 0 Å². The monoisotopic (exact) mass is 670 g/mol. The molecule has 246 valence electrons. The molecule has 0 saturated carbocycles. The number of ether oxygens (including phenoxy) is 1. The van der Waals surface area contributed by atoms with Crippen LogP contribution in [-0.4, -0.2) is 66.1 Å². The summed E-state index contributed by atoms with van der Waals surface area (Å²) in [5, 5.41) is 0. The average molecular weight is 670 g/mol. The third kappa shape index (κ3) is 5.04. The lowest BCUT2D eigenvalue weighted by Crippen LogP contribution is -2.76. The van der Waals surface area contributed by atoms with E-state index in [0.29, 0.717) is 0 Å². The van der Waals surface area contributed by atoms with Gasteiger partial charge in [0.05, 0.1) is 18.7 Å². The maximum Gasteiger partial charge on any atom is 0.460 e. The van der Waals surface area contributed by atoms with Gasteiger partial charge in [-0.05, 0) is 18.2 Å². The molecule has 0 spiro atoms. The minimum Gasteiger partial charge on any atom is -0.491 e. The van der Waals surface area contributed by atoms with Gasteiger partial charge >= 0.3 is 59.5 Å². The van der Waals surface area contributed by atoms with E-state index in [1.165, 1.54) is 0 Å². The van der Waals surface area contributed by atoms with Gasteiger partial charge in [0.15, 0.2) is 0 Å². The van der Waals surface area contributed by atoms with Gasteiger partial charge in [-0.25, -0.2) is 0 Å². The minimum absolute atomic E-state index is 0.123. The van der Waals surface area contributed by atoms with Crippen LogP contribution < -0.4 is 16.2 Å². The molecule has 0 atom stereocenters. The van der Waals surface area contributed by atoms with Crippen molar-refractivity contribution in [1.29, 1.82) is 0 Å². The Hall–Kier alpha value is -2.85. The normalized spacial score (nSPS) is 15.6. The SMILES string of the molecule is Nc1ccc(OCCC(F)(F)C(F)(F)C(F)(F)C(F)(F)C(F)(F)C(F)(F)C(F)(F)C(F)(F)C(F)(F)C(F)(F)F)c(N)c1. The van der Waals surface area contributed by atoms with Crippen LogP contribution in [0, 0.1) is 0 Å². The Morgan fingerprint density at radius 1 is 0.476 bits per heavy atom. The molecule has 24 heteroatoms. The van der Waals surface area contributed by atoms with E-state index in [2.05, 4.69) is 4.74 Å². The molecule has 0 unspecified atom stereocenters. The van der Waals surface area contributed by atoms with Gasteiger partial charge < -0.3 is 16.2 Å². The summed E-state index contributed by atoms with van der Waals surface area (Å²) in [6.45, 7) is -1.94. The number of rotatable bonds is 12. The molecule has 1 aromatic carbocycles. The van der Waals surface area contributed by atoms with E-state index < -0.39 is 83.9 Å². The van der Waals surface area contributed by atoms with Gasteiger partial charge in [0, 0.05) is 5.69 Å². The van der Waals surface area contributed by atoms with Gasteiger partial charge in [0.2, 0.25) is 0 Å². The molecule has 3 nitrogen and oxygen atoms in total. The highest BCUT2D eigenvalue weighted by Gasteiger charge is 2.97. The molecular formula is C18H11F21N2O. The standard InChI is InChI=1S/C18H11F21N2O/c19-9(20,3-4-42-8-2-1-6(40)5-7(8)41)10(21,22)11(23,24)12(25,26)13(27,28)14(29,30)15(31,32)16(33,34)17(35,36)18(37,38)39/h1-2,5H,3-4,40-41H2. The zero-order valence-electron chi connectivity index (χ0n) is 19.1. The molecule has 0 heterocycles. The molecule has 42 heavy (non-hydrogen) atoms. The molecule has 0 aromatic heterocycles. The molecule has 0 aliphatic carbocycles. The fraction of sp³-hybridized carbons (Fsp3) is 0.667. The first-order chi connectivity index (χ1) is 18.1. The highest BCUT2D eigenvalue weighted by atomic mass is 19.4. The van der Waals surface area contributed by atoms with Crippen LogP contribution in [0.15, 0.2) is 18.2 Å². The van der Waals surface area contributed by atoms with Crippen molar-refractivity contribution < 1.29 is 96.9 Å². The molecule has 0 saturated heterocycles. The number of hydrogen-bond acceptors (Lipinski definition) is 3. The van der Waals surface area contributed by atoms with Gasteiger partial charge in [-0.3, -0.25) is 0 Å². The van der Waals surface area contributed by atoms with Gasteiger partial charge in [0.1, 0.15) is 5.75 Å². The van der Waals surface area contributed by atoms with Crippen LogP contribution in [0.3, 0.4) is 0 Å². The van der Waals surface area contributed by atoms with Crippen molar-refractivity contribution in [1.82, 2.24) is 0 Å². The van der Waals surface area contributed by atoms with Crippen molar-refractivity contribution in [3.63, 3.8) is 0 Å². The van der Waals surface area contributed by atoms with Crippen molar-refractivity contribution in [3.05, 3.63) is 18.2 Å². The second kappa shape index (κ2) is 10.1. The van der Waals surface area contributed by atoms with Crippen molar-refractivity contribution in [2.24, 2.45) is 0 Å². The molecule has 1 rings (SSSR count). The summed E-state index contributed by atoms with van der Waals surface area (Å²) >= 11 is 0. The molecule has 4 N–H and O–H groups in total. The van der Waals surface area contributed by atoms with E-state index in [9.17, 15) is 92.2 Å². The van der Waals surface area contributed by atoms with E-state index in [0.717, 1.165) is 18.2 Å². The number of halogens is 21. The Kier molecular flexibility index (Phi) is 8.95. The lowest BCUT2D eigenvalue weighted by molar-refractivity contribution is -0.474. The minimum atomic E-state index is -9.20. The first-order valence-electron chi connectivity index (χ1n) is 9.88. The van der Waals surface area contributed by atoms with E-state index in [1.54, 1.807) is 0 Å². The number of hydrogen-bond donors (Lipinski definition) is 2. The fourth-order valence-electron chi connectivity index (χ4n) is 2.74. The van der Waals surface area contributed by atoms with Crippen molar-refractivity contribution in [2.45, 2.75) is 65.9 Å². The number of nitrogens with two attached hydrogens (primary N) is 2. The number of nitrogen functional groups attached to an aromatic ring is 2. The van der Waals surface area contributed by atoms with Crippen LogP contribution in [0.5, 0.6) is 5.75 Å². The highest BCUT2D eigenvalue weighted by molar-refractivity contribution is 5.60. The van der Waals surface area contributed by atoms with Crippen LogP contribution in [0.25, 0.3) is 0 Å². The predicted octanol–water partition coefficient (Wildman–Crippen LogP) is 7.90. The summed E-state index contributed by atoms with van der Waals surface area (Å²) in [7, 11) is 0. The quantitative estimate of drug-likeness (QED) is 0.176. The second-order valence-corrected chi connectivity index (χ2v) is 8.19. The van der Waals surface area contributed by atoms with Crippen molar-refractivity contribution in [3.8, 4) is 5.75 Å². The van der Waals surface area contributed by atoms with Gasteiger partial charge in [-0.1, -0.05) is 0 Å². The molecule has 1 aromatic rings. The van der Waals surface area contributed by atoms with E-state index >= 15 is 0 Å². The predicted molar refractivity (Wildman–Crippen MR) is 96.0 cm³/mol. The summed E-state index contributed by atoms with van der Waals surface area (Å²) in [6, 6.07) is 2.49. The zero-order valence-corrected chi connectivity index (χ0v) is 19.1. The van der Waals surface area contributed by atoms with E-state index in [4.69, 9.17) is 11.5 Å². The van der Waals surface area contributed by atoms with Gasteiger partial charge in [-0.2, -0.15) is 92.2 Å². The maximum atomic E-state index is 13.9. The zero-order chi connectivity index (χ0) is 34.0. The fourth-order valence-corrected chi connectivity index (χ4v) is 2.74. The Morgan fingerprint density at radius 2 is 0.810 bits per heavy atom. The summed E-state index contributed by atoms with van der Waals surface area (Å²) < 4.78 is 285. The average Bonchev–Trinajstić information content (AvgIpc) is 2.78. The lowest BCUT2D eigenvalue weighted by atomic mass is 9.86. The molecule has 0 aliphatic rings. The summed E-state index contributed by atoms with van der Waals surface area (Å²) in [4.78, 5) is 0. The van der Waals surface area contributed by atoms with Gasteiger partial charge in [0.25, 0.3) is 0 Å². The molecule has 0 fully saturated rings. The van der Waals surface area contributed by atoms with Crippen molar-refractivity contribution in [2.75, 3.05) is 18.1 Å². The first-order valence-corrected chi connectivity index (χ1v) is 9.88. The Bertz CT molecular complexity index is 1130. The van der Waals surface area contributed by atoms with Gasteiger partial charge in [-0.15, -0.1) is 0 Å². The summed E-state index contributed by atoms with van der Waals surface area (Å²) in [5.74, 6) is -78.0. The maximum absolute atomic E-state index is 13.9. The summed E-state index contributed by atoms with van der Waals surface area (Å²) in [6.07, 6.45) is -10.9. The Balaban J connectivity index is 3.53. The molecule has 0 bridgehead atoms. The van der Waals surface area contributed by atoms with Crippen LogP contribution in [-0.2, 0) is 0 Å². The second-order valence-electron chi connectivity index (χ2n) is 8.19. The Morgan fingerprint density at radius 3 is 1.14 bits per heavy atom. The highest BCUT2D eigenvalue weighted by Crippen LogP contribution is 2.66. The number of alkyl halides is 21. The van der Waals surface area contributed by atoms with E-state index in [1.807, 2.05) is 0 Å². The number of benzene rings is 1. The lowest BCUT2D eigenvalue weighted by Gasteiger charge is -2.44. The third-order valence-electron chi connectivity index (χ3n) is 5.28. The molecular weight excluding hydrogens is 659 g/mol. The Labute approximate surface area is 217 Å². The topological polar surface area (TPSA) is 61.3 Å². The number of anilines is 2.